The number of benzene rings is 2. The van der Waals surface area contributed by atoms with E-state index in [9.17, 15) is 0 Å². The van der Waals surface area contributed by atoms with Crippen molar-refractivity contribution in [3.05, 3.63) is 53.6 Å². The summed E-state index contributed by atoms with van der Waals surface area (Å²) in [6.07, 6.45) is 1.78. The van der Waals surface area contributed by atoms with Crippen LogP contribution in [0.5, 0.6) is 17.2 Å². The first kappa shape index (κ1) is 15.4. The maximum atomic E-state index is 6.08. The lowest BCUT2D eigenvalue weighted by Gasteiger charge is -2.15. The lowest BCUT2D eigenvalue weighted by Crippen LogP contribution is -2.21. The lowest BCUT2D eigenvalue weighted by molar-refractivity contribution is 0.412. The second-order valence-corrected chi connectivity index (χ2v) is 5.26. The second kappa shape index (κ2) is 7.14. The molecule has 0 heterocycles. The fourth-order valence-electron chi connectivity index (χ4n) is 2.16. The Bertz CT molecular complexity index is 578. The number of methoxy groups -OCH3 is 1. The van der Waals surface area contributed by atoms with Crippen LogP contribution in [0.25, 0.3) is 0 Å². The predicted octanol–water partition coefficient (Wildman–Crippen LogP) is 4.08. The van der Waals surface area contributed by atoms with Gasteiger partial charge in [0, 0.05) is 6.04 Å². The second-order valence-electron chi connectivity index (χ2n) is 5.26. The van der Waals surface area contributed by atoms with Crippen LogP contribution < -0.4 is 15.2 Å². The normalized spacial score (nSPS) is 12.0. The molecule has 1 unspecified atom stereocenters. The molecule has 0 saturated carbocycles. The van der Waals surface area contributed by atoms with Gasteiger partial charge in [0.25, 0.3) is 0 Å². The Hall–Kier alpha value is -2.00. The fourth-order valence-corrected chi connectivity index (χ4v) is 2.16. The van der Waals surface area contributed by atoms with E-state index < -0.39 is 0 Å². The monoisotopic (exact) mass is 285 g/mol. The minimum atomic E-state index is 0.157. The van der Waals surface area contributed by atoms with Gasteiger partial charge in [-0.3, -0.25) is 0 Å². The highest BCUT2D eigenvalue weighted by Crippen LogP contribution is 2.28. The summed E-state index contributed by atoms with van der Waals surface area (Å²) < 4.78 is 11.2. The minimum absolute atomic E-state index is 0.157. The molecule has 21 heavy (non-hydrogen) atoms. The molecule has 3 heteroatoms. The molecule has 0 aliphatic carbocycles. The first-order valence-electron chi connectivity index (χ1n) is 7.29. The van der Waals surface area contributed by atoms with Crippen LogP contribution in [0.4, 0.5) is 0 Å². The molecule has 1 atom stereocenters. The van der Waals surface area contributed by atoms with E-state index in [1.165, 1.54) is 5.56 Å². The highest BCUT2D eigenvalue weighted by atomic mass is 16.5. The van der Waals surface area contributed by atoms with Crippen LogP contribution in [0.2, 0.25) is 0 Å². The number of ether oxygens (including phenoxy) is 2. The van der Waals surface area contributed by atoms with Crippen molar-refractivity contribution in [2.75, 3.05) is 7.11 Å². The van der Waals surface area contributed by atoms with Crippen LogP contribution in [0.15, 0.2) is 42.5 Å². The number of hydrogen-bond acceptors (Lipinski definition) is 3. The van der Waals surface area contributed by atoms with Gasteiger partial charge < -0.3 is 15.2 Å². The third-order valence-electron chi connectivity index (χ3n) is 3.51. The molecule has 2 N–H and O–H groups in total. The maximum Gasteiger partial charge on any atom is 0.130 e. The van der Waals surface area contributed by atoms with Gasteiger partial charge in [-0.05, 0) is 55.7 Å². The van der Waals surface area contributed by atoms with E-state index in [0.717, 1.165) is 35.7 Å². The van der Waals surface area contributed by atoms with E-state index in [-0.39, 0.29) is 6.04 Å². The summed E-state index contributed by atoms with van der Waals surface area (Å²) in [5, 5.41) is 0. The van der Waals surface area contributed by atoms with Gasteiger partial charge in [-0.25, -0.2) is 0 Å². The van der Waals surface area contributed by atoms with Crippen LogP contribution in [-0.4, -0.2) is 13.2 Å². The molecule has 0 aromatic heterocycles. The number of nitrogens with two attached hydrogens (primary N) is 1. The van der Waals surface area contributed by atoms with Gasteiger partial charge in [-0.15, -0.1) is 0 Å². The summed E-state index contributed by atoms with van der Waals surface area (Å²) in [7, 11) is 1.65. The van der Waals surface area contributed by atoms with Gasteiger partial charge in [0.15, 0.2) is 0 Å². The van der Waals surface area contributed by atoms with E-state index in [0.29, 0.717) is 0 Å². The molecular weight excluding hydrogens is 262 g/mol. The Labute approximate surface area is 126 Å². The first-order chi connectivity index (χ1) is 10.1. The van der Waals surface area contributed by atoms with Crippen LogP contribution in [0.3, 0.4) is 0 Å². The summed E-state index contributed by atoms with van der Waals surface area (Å²) >= 11 is 0. The molecule has 0 fully saturated rings. The van der Waals surface area contributed by atoms with E-state index in [4.69, 9.17) is 15.2 Å². The summed E-state index contributed by atoms with van der Waals surface area (Å²) in [4.78, 5) is 0. The Kier molecular flexibility index (Phi) is 5.23. The van der Waals surface area contributed by atoms with E-state index >= 15 is 0 Å². The third kappa shape index (κ3) is 4.23. The van der Waals surface area contributed by atoms with Crippen LogP contribution in [-0.2, 0) is 6.42 Å². The van der Waals surface area contributed by atoms with Crippen LogP contribution in [0.1, 0.15) is 24.5 Å². The molecule has 0 saturated heterocycles. The largest absolute Gasteiger partial charge is 0.497 e. The summed E-state index contributed by atoms with van der Waals surface area (Å²) in [6.45, 7) is 4.18. The van der Waals surface area contributed by atoms with Crippen molar-refractivity contribution in [3.63, 3.8) is 0 Å². The van der Waals surface area contributed by atoms with Crippen molar-refractivity contribution in [2.45, 2.75) is 32.7 Å². The molecule has 0 amide bonds. The Morgan fingerprint density at radius 1 is 1.05 bits per heavy atom. The Balaban J connectivity index is 2.21. The van der Waals surface area contributed by atoms with Gasteiger partial charge in [-0.1, -0.05) is 24.6 Å². The van der Waals surface area contributed by atoms with Gasteiger partial charge in [0.05, 0.1) is 7.11 Å². The third-order valence-corrected chi connectivity index (χ3v) is 3.51. The molecule has 0 aliphatic heterocycles. The highest BCUT2D eigenvalue weighted by Gasteiger charge is 2.09. The first-order valence-corrected chi connectivity index (χ1v) is 7.29. The molecule has 0 aliphatic rings. The maximum absolute atomic E-state index is 6.08. The molecule has 2 aromatic carbocycles. The Morgan fingerprint density at radius 3 is 2.33 bits per heavy atom. The lowest BCUT2D eigenvalue weighted by atomic mass is 10.0. The number of hydrogen-bond donors (Lipinski definition) is 1. The van der Waals surface area contributed by atoms with Crippen molar-refractivity contribution >= 4 is 0 Å². The number of rotatable bonds is 6. The minimum Gasteiger partial charge on any atom is -0.497 e. The van der Waals surface area contributed by atoms with Crippen molar-refractivity contribution < 1.29 is 9.47 Å². The topological polar surface area (TPSA) is 44.5 Å². The van der Waals surface area contributed by atoms with Gasteiger partial charge in [0.1, 0.15) is 17.2 Å². The van der Waals surface area contributed by atoms with Crippen LogP contribution >= 0.6 is 0 Å². The quantitative estimate of drug-likeness (QED) is 0.870. The molecule has 0 radical (unpaired) electrons. The zero-order valence-electron chi connectivity index (χ0n) is 12.9. The zero-order chi connectivity index (χ0) is 15.2. The van der Waals surface area contributed by atoms with Crippen molar-refractivity contribution in [1.29, 1.82) is 0 Å². The van der Waals surface area contributed by atoms with Gasteiger partial charge in [0.2, 0.25) is 0 Å². The Morgan fingerprint density at radius 2 is 1.71 bits per heavy atom. The number of aryl methyl sites for hydroxylation is 1. The van der Waals surface area contributed by atoms with Crippen LogP contribution in [0, 0.1) is 6.92 Å². The highest BCUT2D eigenvalue weighted by molar-refractivity contribution is 5.41. The average molecular weight is 285 g/mol. The molecule has 2 rings (SSSR count). The molecule has 2 aromatic rings. The van der Waals surface area contributed by atoms with Crippen molar-refractivity contribution in [1.82, 2.24) is 0 Å². The van der Waals surface area contributed by atoms with Crippen molar-refractivity contribution in [3.8, 4) is 17.2 Å². The van der Waals surface area contributed by atoms with Gasteiger partial charge >= 0.3 is 0 Å². The molecule has 112 valence electrons. The molecule has 3 nitrogen and oxygen atoms in total. The molecule has 0 spiro atoms. The van der Waals surface area contributed by atoms with E-state index in [2.05, 4.69) is 26.0 Å². The fraction of sp³-hybridized carbons (Fsp3) is 0.333. The average Bonchev–Trinajstić information content (AvgIpc) is 2.50. The smallest absolute Gasteiger partial charge is 0.130 e. The predicted molar refractivity (Wildman–Crippen MR) is 86.2 cm³/mol. The van der Waals surface area contributed by atoms with Crippen molar-refractivity contribution in [2.24, 2.45) is 5.73 Å². The summed E-state index contributed by atoms with van der Waals surface area (Å²) in [5.74, 6) is 2.49. The summed E-state index contributed by atoms with van der Waals surface area (Å²) in [6, 6.07) is 14.0. The standard InChI is InChI=1S/C18H23NO2/c1-4-15(19)12-14-11-13(2)5-10-18(14)21-17-8-6-16(20-3)7-9-17/h5-11,15H,4,12,19H2,1-3H3. The van der Waals surface area contributed by atoms with E-state index in [1.54, 1.807) is 7.11 Å². The van der Waals surface area contributed by atoms with E-state index in [1.807, 2.05) is 30.3 Å². The SMILES string of the molecule is CCC(N)Cc1cc(C)ccc1Oc1ccc(OC)cc1. The molecular formula is C18H23NO2. The zero-order valence-corrected chi connectivity index (χ0v) is 12.9. The van der Waals surface area contributed by atoms with Gasteiger partial charge in [-0.2, -0.15) is 0 Å². The molecule has 0 bridgehead atoms. The summed E-state index contributed by atoms with van der Waals surface area (Å²) in [5.41, 5.74) is 8.45.